The Morgan fingerprint density at radius 2 is 2.14 bits per heavy atom. The number of thioether (sulfide) groups is 2. The summed E-state index contributed by atoms with van der Waals surface area (Å²) < 4.78 is 1.59. The van der Waals surface area contributed by atoms with Gasteiger partial charge in [-0.3, -0.25) is 14.2 Å². The van der Waals surface area contributed by atoms with Crippen LogP contribution in [0.25, 0.3) is 0 Å². The van der Waals surface area contributed by atoms with Crippen LogP contribution in [0.2, 0.25) is 0 Å². The lowest BCUT2D eigenvalue weighted by Gasteiger charge is -2.11. The minimum atomic E-state index is -0.673. The van der Waals surface area contributed by atoms with Gasteiger partial charge in [0.1, 0.15) is 6.33 Å². The molecule has 1 aromatic heterocycles. The second-order valence-corrected chi connectivity index (χ2v) is 4.92. The monoisotopic (exact) mass is 233 g/mol. The molecule has 78 valence electrons. The predicted molar refractivity (Wildman–Crippen MR) is 59.9 cm³/mol. The molecule has 1 rings (SSSR count). The molecule has 5 nitrogen and oxygen atoms in total. The summed E-state index contributed by atoms with van der Waals surface area (Å²) in [5, 5.41) is 5.67. The molecule has 1 heterocycles. The maximum atomic E-state index is 11.3. The third-order valence-electron chi connectivity index (χ3n) is 1.69. The van der Waals surface area contributed by atoms with Crippen LogP contribution in [0, 0.1) is 0 Å². The molecule has 1 aromatic rings. The van der Waals surface area contributed by atoms with Crippen molar-refractivity contribution in [3.63, 3.8) is 0 Å². The van der Waals surface area contributed by atoms with Crippen LogP contribution in [0.4, 0.5) is 0 Å². The summed E-state index contributed by atoms with van der Waals surface area (Å²) in [6.07, 6.45) is 5.28. The normalized spacial score (nSPS) is 10.8. The molecule has 0 saturated carbocycles. The van der Waals surface area contributed by atoms with E-state index in [-0.39, 0.29) is 4.58 Å². The van der Waals surface area contributed by atoms with E-state index in [9.17, 15) is 9.59 Å². The molecule has 0 fully saturated rings. The highest BCUT2D eigenvalue weighted by atomic mass is 32.2. The van der Waals surface area contributed by atoms with Gasteiger partial charge in [-0.05, 0) is 12.5 Å². The molecule has 14 heavy (non-hydrogen) atoms. The van der Waals surface area contributed by atoms with Gasteiger partial charge in [-0.1, -0.05) is 0 Å². The second kappa shape index (κ2) is 5.26. The van der Waals surface area contributed by atoms with Crippen molar-refractivity contribution >= 4 is 23.5 Å². The van der Waals surface area contributed by atoms with E-state index in [0.29, 0.717) is 6.54 Å². The van der Waals surface area contributed by atoms with E-state index >= 15 is 0 Å². The maximum Gasteiger partial charge on any atom is 0.330 e. The van der Waals surface area contributed by atoms with Gasteiger partial charge in [-0.15, -0.1) is 23.5 Å². The fourth-order valence-electron chi connectivity index (χ4n) is 0.924. The maximum absolute atomic E-state index is 11.3. The number of rotatable bonds is 4. The van der Waals surface area contributed by atoms with E-state index in [1.165, 1.54) is 10.9 Å². The summed E-state index contributed by atoms with van der Waals surface area (Å²) in [6.45, 7) is 0.498. The van der Waals surface area contributed by atoms with Gasteiger partial charge in [0.05, 0.1) is 4.58 Å². The van der Waals surface area contributed by atoms with Gasteiger partial charge < -0.3 is 0 Å². The Morgan fingerprint density at radius 1 is 1.50 bits per heavy atom. The molecular formula is C7H11N3O2S2. The highest BCUT2D eigenvalue weighted by molar-refractivity contribution is 8.16. The lowest BCUT2D eigenvalue weighted by atomic mass is 10.6. The van der Waals surface area contributed by atoms with Crippen molar-refractivity contribution in [2.45, 2.75) is 11.1 Å². The summed E-state index contributed by atoms with van der Waals surface area (Å²) in [5.74, 6) is 0. The second-order valence-electron chi connectivity index (χ2n) is 2.54. The Hall–Kier alpha value is -0.690. The number of nitrogens with zero attached hydrogens (tertiary/aromatic N) is 2. The lowest BCUT2D eigenvalue weighted by molar-refractivity contribution is 0.663. The molecule has 0 radical (unpaired) electrons. The number of nitrogens with one attached hydrogen (secondary N) is 1. The van der Waals surface area contributed by atoms with Crippen LogP contribution in [-0.4, -0.2) is 31.9 Å². The molecule has 0 atom stereocenters. The lowest BCUT2D eigenvalue weighted by Crippen LogP contribution is -2.38. The summed E-state index contributed by atoms with van der Waals surface area (Å²) in [4.78, 5) is 22.2. The highest BCUT2D eigenvalue weighted by Crippen LogP contribution is 2.19. The van der Waals surface area contributed by atoms with Crippen molar-refractivity contribution in [2.75, 3.05) is 12.5 Å². The SMILES string of the molecule is CSC(Cn1cn[nH]c(=O)c1=O)SC. The van der Waals surface area contributed by atoms with Crippen LogP contribution in [0.3, 0.4) is 0 Å². The van der Waals surface area contributed by atoms with Crippen molar-refractivity contribution in [1.29, 1.82) is 0 Å². The standard InChI is InChI=1S/C7H11N3O2S2/c1-13-5(14-2)3-10-4-8-9-6(11)7(10)12/h4-5H,3H2,1-2H3,(H,9,11). The highest BCUT2D eigenvalue weighted by Gasteiger charge is 2.08. The molecule has 7 heteroatoms. The van der Waals surface area contributed by atoms with E-state index in [1.54, 1.807) is 23.5 Å². The van der Waals surface area contributed by atoms with E-state index in [1.807, 2.05) is 12.5 Å². The first-order chi connectivity index (χ1) is 6.69. The minimum Gasteiger partial charge on any atom is -0.291 e. The molecule has 0 spiro atoms. The third-order valence-corrected chi connectivity index (χ3v) is 4.19. The largest absolute Gasteiger partial charge is 0.330 e. The molecule has 0 amide bonds. The van der Waals surface area contributed by atoms with Gasteiger partial charge >= 0.3 is 11.1 Å². The van der Waals surface area contributed by atoms with Crippen LogP contribution in [0.1, 0.15) is 0 Å². The topological polar surface area (TPSA) is 67.8 Å². The van der Waals surface area contributed by atoms with Gasteiger partial charge in [0.25, 0.3) is 0 Å². The van der Waals surface area contributed by atoms with Gasteiger partial charge in [0.15, 0.2) is 0 Å². The van der Waals surface area contributed by atoms with Crippen molar-refractivity contribution in [2.24, 2.45) is 0 Å². The summed E-state index contributed by atoms with van der Waals surface area (Å²) in [7, 11) is 0. The molecule has 1 N–H and O–H groups in total. The molecule has 0 unspecified atom stereocenters. The Labute approximate surface area is 89.3 Å². The minimum absolute atomic E-state index is 0.260. The van der Waals surface area contributed by atoms with Crippen LogP contribution in [0.15, 0.2) is 15.9 Å². The fraction of sp³-hybridized carbons (Fsp3) is 0.571. The zero-order valence-corrected chi connectivity index (χ0v) is 9.52. The first kappa shape index (κ1) is 11.4. The number of aromatic nitrogens is 3. The Bertz CT molecular complexity index is 396. The quantitative estimate of drug-likeness (QED) is 0.585. The summed E-state index contributed by atoms with van der Waals surface area (Å²) in [5.41, 5.74) is -1.22. The number of H-pyrrole nitrogens is 1. The molecule has 0 saturated heterocycles. The number of aromatic amines is 1. The van der Waals surface area contributed by atoms with Crippen LogP contribution in [-0.2, 0) is 6.54 Å². The molecule has 0 aliphatic heterocycles. The van der Waals surface area contributed by atoms with E-state index in [2.05, 4.69) is 10.2 Å². The summed E-state index contributed by atoms with van der Waals surface area (Å²) >= 11 is 3.29. The zero-order valence-electron chi connectivity index (χ0n) is 7.89. The predicted octanol–water partition coefficient (Wildman–Crippen LogP) is -0.0163. The number of hydrogen-bond donors (Lipinski definition) is 1. The first-order valence-corrected chi connectivity index (χ1v) is 6.46. The van der Waals surface area contributed by atoms with Crippen LogP contribution < -0.4 is 11.1 Å². The molecule has 0 aliphatic rings. The Balaban J connectivity index is 2.92. The van der Waals surface area contributed by atoms with Gasteiger partial charge in [-0.2, -0.15) is 5.10 Å². The Morgan fingerprint density at radius 3 is 2.71 bits per heavy atom. The van der Waals surface area contributed by atoms with Crippen molar-refractivity contribution in [3.8, 4) is 0 Å². The fourth-order valence-corrected chi connectivity index (χ4v) is 2.31. The number of hydrogen-bond acceptors (Lipinski definition) is 5. The van der Waals surface area contributed by atoms with Gasteiger partial charge in [-0.25, -0.2) is 5.10 Å². The molecule has 0 aliphatic carbocycles. The van der Waals surface area contributed by atoms with Crippen molar-refractivity contribution in [1.82, 2.24) is 14.8 Å². The van der Waals surface area contributed by atoms with Crippen molar-refractivity contribution < 1.29 is 0 Å². The van der Waals surface area contributed by atoms with Crippen molar-refractivity contribution in [3.05, 3.63) is 27.0 Å². The van der Waals surface area contributed by atoms with E-state index < -0.39 is 11.1 Å². The first-order valence-electron chi connectivity index (χ1n) is 3.88. The van der Waals surface area contributed by atoms with E-state index in [0.717, 1.165) is 0 Å². The molecule has 0 aromatic carbocycles. The molecule has 0 bridgehead atoms. The smallest absolute Gasteiger partial charge is 0.291 e. The average molecular weight is 233 g/mol. The van der Waals surface area contributed by atoms with Crippen LogP contribution in [0.5, 0.6) is 0 Å². The third kappa shape index (κ3) is 2.65. The average Bonchev–Trinajstić information content (AvgIpc) is 2.20. The van der Waals surface area contributed by atoms with Gasteiger partial charge in [0, 0.05) is 6.54 Å². The van der Waals surface area contributed by atoms with Crippen LogP contribution >= 0.6 is 23.5 Å². The summed E-state index contributed by atoms with van der Waals surface area (Å²) in [6, 6.07) is 0. The van der Waals surface area contributed by atoms with E-state index in [4.69, 9.17) is 0 Å². The molecular weight excluding hydrogens is 222 g/mol. The Kier molecular flexibility index (Phi) is 4.27. The van der Waals surface area contributed by atoms with Gasteiger partial charge in [0.2, 0.25) is 0 Å². The zero-order chi connectivity index (χ0) is 10.6.